The van der Waals surface area contributed by atoms with E-state index >= 15 is 0 Å². The maximum Gasteiger partial charge on any atom is 0.209 e. The van der Waals surface area contributed by atoms with Crippen molar-refractivity contribution in [2.75, 3.05) is 40.5 Å². The van der Waals surface area contributed by atoms with Crippen LogP contribution in [0.2, 0.25) is 5.02 Å². The van der Waals surface area contributed by atoms with Crippen LogP contribution in [-0.2, 0) is 31.2 Å². The van der Waals surface area contributed by atoms with Crippen LogP contribution in [0, 0.1) is 0 Å². The molecule has 2 aromatic rings. The molecule has 1 heterocycles. The van der Waals surface area contributed by atoms with Crippen LogP contribution in [0.15, 0.2) is 42.5 Å². The lowest BCUT2D eigenvalue weighted by Gasteiger charge is -2.42. The fraction of sp³-hybridized carbons (Fsp3) is 0.480. The summed E-state index contributed by atoms with van der Waals surface area (Å²) in [5.41, 5.74) is 2.06. The molecule has 174 valence electrons. The van der Waals surface area contributed by atoms with Gasteiger partial charge in [-0.3, -0.25) is 4.79 Å². The highest BCUT2D eigenvalue weighted by Gasteiger charge is 2.43. The molecular formula is C25H32ClNO5. The number of morpholine rings is 1. The highest BCUT2D eigenvalue weighted by atomic mass is 35.5. The second kappa shape index (κ2) is 11.8. The Balaban J connectivity index is 2.07. The van der Waals surface area contributed by atoms with E-state index in [4.69, 9.17) is 25.8 Å². The van der Waals surface area contributed by atoms with E-state index in [0.717, 1.165) is 35.9 Å². The van der Waals surface area contributed by atoms with Crippen LogP contribution >= 0.6 is 11.6 Å². The van der Waals surface area contributed by atoms with Gasteiger partial charge in [0.05, 0.1) is 13.2 Å². The predicted octanol–water partition coefficient (Wildman–Crippen LogP) is 4.01. The third-order valence-electron chi connectivity index (χ3n) is 5.94. The van der Waals surface area contributed by atoms with Crippen LogP contribution in [0.4, 0.5) is 0 Å². The summed E-state index contributed by atoms with van der Waals surface area (Å²) in [7, 11) is 3.33. The topological polar surface area (TPSA) is 68.2 Å². The molecule has 1 saturated heterocycles. The minimum atomic E-state index is -1.33. The number of hydrogen-bond acceptors (Lipinski definition) is 5. The second-order valence-electron chi connectivity index (χ2n) is 8.13. The monoisotopic (exact) mass is 461 g/mol. The quantitative estimate of drug-likeness (QED) is 0.404. The van der Waals surface area contributed by atoms with Crippen molar-refractivity contribution < 1.29 is 24.1 Å². The molecule has 7 heteroatoms. The van der Waals surface area contributed by atoms with Gasteiger partial charge in [0.15, 0.2) is 0 Å². The lowest BCUT2D eigenvalue weighted by molar-refractivity contribution is -0.158. The van der Waals surface area contributed by atoms with Crippen molar-refractivity contribution in [2.24, 2.45) is 0 Å². The standard InChI is InChI=1S/C25H32ClNO5/c1-30-13-4-3-11-25(29,23-16-27(18-28)12-14-32-23)21-9-6-10-22(26)24(21)20-8-5-7-19(15-20)17-31-2/h5-10,15,18,23,29H,3-4,11-14,16-17H2,1-2H3/t23-,25+/m1/s1. The Morgan fingerprint density at radius 3 is 2.78 bits per heavy atom. The lowest BCUT2D eigenvalue weighted by atomic mass is 9.79. The van der Waals surface area contributed by atoms with Crippen molar-refractivity contribution in [3.63, 3.8) is 0 Å². The predicted molar refractivity (Wildman–Crippen MR) is 125 cm³/mol. The minimum Gasteiger partial charge on any atom is -0.385 e. The molecule has 1 N–H and O–H groups in total. The summed E-state index contributed by atoms with van der Waals surface area (Å²) in [5.74, 6) is 0. The number of methoxy groups -OCH3 is 2. The summed E-state index contributed by atoms with van der Waals surface area (Å²) in [6.45, 7) is 2.31. The number of benzene rings is 2. The van der Waals surface area contributed by atoms with Gasteiger partial charge in [0.1, 0.15) is 11.7 Å². The SMILES string of the molecule is COCCCC[C@](O)(c1cccc(Cl)c1-c1cccc(COC)c1)[C@H]1CN(C=O)CCO1. The van der Waals surface area contributed by atoms with E-state index in [1.165, 1.54) is 0 Å². The number of nitrogens with zero attached hydrogens (tertiary/aromatic N) is 1. The summed E-state index contributed by atoms with van der Waals surface area (Å²) < 4.78 is 16.5. The molecule has 0 aromatic heterocycles. The number of amides is 1. The molecule has 1 fully saturated rings. The third kappa shape index (κ3) is 5.69. The molecule has 1 amide bonds. The van der Waals surface area contributed by atoms with Crippen LogP contribution in [0.5, 0.6) is 0 Å². The van der Waals surface area contributed by atoms with Crippen molar-refractivity contribution >= 4 is 18.0 Å². The zero-order valence-corrected chi connectivity index (χ0v) is 19.5. The largest absolute Gasteiger partial charge is 0.385 e. The molecule has 1 aliphatic rings. The average molecular weight is 462 g/mol. The van der Waals surface area contributed by atoms with Crippen LogP contribution in [0.1, 0.15) is 30.4 Å². The van der Waals surface area contributed by atoms with Crippen molar-refractivity contribution in [1.82, 2.24) is 4.90 Å². The highest BCUT2D eigenvalue weighted by molar-refractivity contribution is 6.33. The Kier molecular flexibility index (Phi) is 9.08. The summed E-state index contributed by atoms with van der Waals surface area (Å²) in [6, 6.07) is 13.5. The zero-order valence-electron chi connectivity index (χ0n) is 18.8. The Labute approximate surface area is 195 Å². The van der Waals surface area contributed by atoms with Gasteiger partial charge in [-0.1, -0.05) is 41.9 Å². The summed E-state index contributed by atoms with van der Waals surface area (Å²) >= 11 is 6.71. The van der Waals surface area contributed by atoms with E-state index < -0.39 is 11.7 Å². The summed E-state index contributed by atoms with van der Waals surface area (Å²) in [5, 5.41) is 12.7. The molecular weight excluding hydrogens is 430 g/mol. The molecule has 0 bridgehead atoms. The minimum absolute atomic E-state index is 0.319. The molecule has 2 aromatic carbocycles. The smallest absolute Gasteiger partial charge is 0.209 e. The van der Waals surface area contributed by atoms with Crippen LogP contribution in [0.3, 0.4) is 0 Å². The number of unbranched alkanes of at least 4 members (excludes halogenated alkanes) is 1. The van der Waals surface area contributed by atoms with Gasteiger partial charge in [-0.15, -0.1) is 0 Å². The number of aliphatic hydroxyl groups is 1. The van der Waals surface area contributed by atoms with Gasteiger partial charge >= 0.3 is 0 Å². The Morgan fingerprint density at radius 2 is 2.03 bits per heavy atom. The van der Waals surface area contributed by atoms with Crippen LogP contribution in [0.25, 0.3) is 11.1 Å². The van der Waals surface area contributed by atoms with E-state index in [9.17, 15) is 9.90 Å². The van der Waals surface area contributed by atoms with Crippen LogP contribution in [-0.4, -0.2) is 63.0 Å². The normalized spacial score (nSPS) is 18.4. The highest BCUT2D eigenvalue weighted by Crippen LogP contribution is 2.43. The number of hydrogen-bond donors (Lipinski definition) is 1. The molecule has 32 heavy (non-hydrogen) atoms. The van der Waals surface area contributed by atoms with Gasteiger partial charge in [-0.25, -0.2) is 0 Å². The molecule has 3 rings (SSSR count). The van der Waals surface area contributed by atoms with E-state index in [1.807, 2.05) is 42.5 Å². The fourth-order valence-corrected chi connectivity index (χ4v) is 4.61. The Hall–Kier alpha value is -1.96. The number of carbonyl (C=O) groups is 1. The van der Waals surface area contributed by atoms with Gasteiger partial charge in [0.2, 0.25) is 6.41 Å². The van der Waals surface area contributed by atoms with Gasteiger partial charge in [-0.2, -0.15) is 0 Å². The first-order chi connectivity index (χ1) is 15.5. The number of ether oxygens (including phenoxy) is 3. The first-order valence-electron chi connectivity index (χ1n) is 10.9. The molecule has 2 atom stereocenters. The molecule has 0 spiro atoms. The van der Waals surface area contributed by atoms with Crippen LogP contribution < -0.4 is 0 Å². The van der Waals surface area contributed by atoms with Crippen molar-refractivity contribution in [3.05, 3.63) is 58.6 Å². The molecule has 0 unspecified atom stereocenters. The summed E-state index contributed by atoms with van der Waals surface area (Å²) in [4.78, 5) is 13.1. The number of carbonyl (C=O) groups excluding carboxylic acids is 1. The number of rotatable bonds is 11. The first kappa shape index (κ1) is 24.7. The van der Waals surface area contributed by atoms with Gasteiger partial charge < -0.3 is 24.2 Å². The lowest BCUT2D eigenvalue weighted by Crippen LogP contribution is -2.52. The van der Waals surface area contributed by atoms with E-state index in [2.05, 4.69) is 0 Å². The number of halogens is 1. The van der Waals surface area contributed by atoms with Crippen molar-refractivity contribution in [1.29, 1.82) is 0 Å². The molecule has 1 aliphatic heterocycles. The Morgan fingerprint density at radius 1 is 1.22 bits per heavy atom. The van der Waals surface area contributed by atoms with Crippen molar-refractivity contribution in [2.45, 2.75) is 37.6 Å². The molecule has 0 saturated carbocycles. The van der Waals surface area contributed by atoms with E-state index in [0.29, 0.717) is 49.9 Å². The molecule has 6 nitrogen and oxygen atoms in total. The van der Waals surface area contributed by atoms with E-state index in [1.54, 1.807) is 19.1 Å². The third-order valence-corrected chi connectivity index (χ3v) is 6.26. The maximum absolute atomic E-state index is 12.2. The van der Waals surface area contributed by atoms with Gasteiger partial charge in [-0.05, 0) is 48.1 Å². The van der Waals surface area contributed by atoms with Gasteiger partial charge in [0.25, 0.3) is 0 Å². The average Bonchev–Trinajstić information content (AvgIpc) is 2.82. The fourth-order valence-electron chi connectivity index (χ4n) is 4.33. The summed E-state index contributed by atoms with van der Waals surface area (Å²) in [6.07, 6.45) is 2.25. The van der Waals surface area contributed by atoms with E-state index in [-0.39, 0.29) is 0 Å². The maximum atomic E-state index is 12.2. The Bertz CT molecular complexity index is 892. The molecule has 0 radical (unpaired) electrons. The zero-order chi connectivity index (χ0) is 23.0. The second-order valence-corrected chi connectivity index (χ2v) is 8.54. The first-order valence-corrected chi connectivity index (χ1v) is 11.3. The molecule has 0 aliphatic carbocycles. The van der Waals surface area contributed by atoms with Gasteiger partial charge in [0, 0.05) is 44.5 Å². The van der Waals surface area contributed by atoms with Crippen molar-refractivity contribution in [3.8, 4) is 11.1 Å².